The molecule has 0 aliphatic carbocycles. The van der Waals surface area contributed by atoms with Crippen LogP contribution in [0.3, 0.4) is 0 Å². The lowest BCUT2D eigenvalue weighted by Gasteiger charge is -1.93. The van der Waals surface area contributed by atoms with Crippen molar-refractivity contribution in [2.75, 3.05) is 0 Å². The van der Waals surface area contributed by atoms with Crippen molar-refractivity contribution in [1.82, 2.24) is 0 Å². The van der Waals surface area contributed by atoms with Crippen molar-refractivity contribution in [2.45, 2.75) is 6.18 Å². The Bertz CT molecular complexity index is 85.4. The summed E-state index contributed by atoms with van der Waals surface area (Å²) in [7, 11) is 0. The first-order valence-electron chi connectivity index (χ1n) is 1.39. The molecule has 0 rings (SSSR count). The van der Waals surface area contributed by atoms with Gasteiger partial charge < -0.3 is 5.11 Å². The summed E-state index contributed by atoms with van der Waals surface area (Å²) < 4.78 is 47.7. The van der Waals surface area contributed by atoms with Crippen LogP contribution in [0.5, 0.6) is 0 Å². The first kappa shape index (κ1) is 11.0. The van der Waals surface area contributed by atoms with Gasteiger partial charge in [-0.3, -0.25) is 0 Å². The highest BCUT2D eigenvalue weighted by Crippen LogP contribution is 2.13. The Morgan fingerprint density at radius 1 is 1.22 bits per heavy atom. The van der Waals surface area contributed by atoms with Gasteiger partial charge in [-0.15, -0.1) is 0 Å². The van der Waals surface area contributed by atoms with E-state index >= 15 is 0 Å². The van der Waals surface area contributed by atoms with E-state index in [4.69, 9.17) is 19.0 Å². The van der Waals surface area contributed by atoms with Gasteiger partial charge in [0.15, 0.2) is 0 Å². The predicted molar refractivity (Wildman–Crippen MR) is 15.9 cm³/mol. The van der Waals surface area contributed by atoms with Gasteiger partial charge in [-0.25, -0.2) is 4.79 Å². The molecule has 0 aromatic rings. The summed E-state index contributed by atoms with van der Waals surface area (Å²) in [6.45, 7) is 0. The second-order valence-electron chi connectivity index (χ2n) is 0.803. The van der Waals surface area contributed by atoms with E-state index in [1.165, 1.54) is 0 Å². The summed E-state index contributed by atoms with van der Waals surface area (Å²) in [5.41, 5.74) is 0. The molecule has 0 saturated heterocycles. The summed E-state index contributed by atoms with van der Waals surface area (Å²) in [5, 5.41) is 7.12. The van der Waals surface area contributed by atoms with E-state index < -0.39 is 12.1 Å². The Balaban J connectivity index is 0. The average molecular weight is 152 g/mol. The third kappa shape index (κ3) is 7.12. The Hall–Kier alpha value is -0.880. The van der Waals surface area contributed by atoms with Gasteiger partial charge >= 0.3 is 12.1 Å². The highest BCUT2D eigenvalue weighted by atomic mass is 20.0. The number of carboxylic acids is 1. The van der Waals surface area contributed by atoms with Crippen LogP contribution in [0.25, 0.3) is 0 Å². The Kier molecular flexibility index (Phi) is 4.94. The van der Waals surface area contributed by atoms with Crippen molar-refractivity contribution in [1.29, 1.82) is 0 Å². The van der Waals surface area contributed by atoms with Crippen LogP contribution in [0.1, 0.15) is 0 Å². The minimum absolute atomic E-state index is 2.76. The molecule has 0 atom stereocenters. The van der Waals surface area contributed by atoms with E-state index in [-0.39, 0.29) is 0 Å². The molecule has 0 bridgehead atoms. The molecule has 56 valence electrons. The molecule has 0 heterocycles. The van der Waals surface area contributed by atoms with Gasteiger partial charge in [-0.05, 0) is 0 Å². The van der Waals surface area contributed by atoms with Crippen LogP contribution in [-0.4, -0.2) is 17.3 Å². The minimum atomic E-state index is -5.08. The summed E-state index contributed by atoms with van der Waals surface area (Å²) >= 11 is 0. The van der Waals surface area contributed by atoms with Gasteiger partial charge in [0, 0.05) is 9.15 Å². The molecule has 9 heavy (non-hydrogen) atoms. The summed E-state index contributed by atoms with van der Waals surface area (Å²) in [5.74, 6) is -2.76. The van der Waals surface area contributed by atoms with Crippen LogP contribution < -0.4 is 0 Å². The smallest absolute Gasteiger partial charge is 0.475 e. The fourth-order valence-corrected chi connectivity index (χ4v) is 0. The van der Waals surface area contributed by atoms with Crippen molar-refractivity contribution in [3.8, 4) is 0 Å². The number of aliphatic carboxylic acids is 1. The predicted octanol–water partition coefficient (Wildman–Crippen LogP) is 1.47. The average Bonchev–Trinajstić information content (AvgIpc) is 1.69. The van der Waals surface area contributed by atoms with E-state index in [0.717, 1.165) is 0 Å². The molecular weight excluding hydrogens is 151 g/mol. The molecule has 0 amide bonds. The first-order chi connectivity index (χ1) is 3.94. The Labute approximate surface area is 45.8 Å². The molecule has 0 spiro atoms. The molecule has 0 aromatic carbocycles. The third-order valence-electron chi connectivity index (χ3n) is 0.243. The summed E-state index contributed by atoms with van der Waals surface area (Å²) in [6, 6.07) is 0. The van der Waals surface area contributed by atoms with Crippen LogP contribution in [0, 0.1) is 0 Å². The zero-order valence-corrected chi connectivity index (χ0v) is 3.75. The van der Waals surface area contributed by atoms with Crippen molar-refractivity contribution >= 4 is 5.97 Å². The van der Waals surface area contributed by atoms with E-state index in [1.54, 1.807) is 0 Å². The number of rotatable bonds is 0. The van der Waals surface area contributed by atoms with E-state index in [2.05, 4.69) is 0 Å². The lowest BCUT2D eigenvalue weighted by Crippen LogP contribution is -2.21. The first-order valence-corrected chi connectivity index (χ1v) is 1.39. The van der Waals surface area contributed by atoms with E-state index in [1.807, 2.05) is 0 Å². The minimum Gasteiger partial charge on any atom is -0.475 e. The Morgan fingerprint density at radius 2 is 1.33 bits per heavy atom. The van der Waals surface area contributed by atoms with E-state index in [0.29, 0.717) is 0 Å². The number of hydrogen-bond donors (Lipinski definition) is 1. The quantitative estimate of drug-likeness (QED) is 0.533. The van der Waals surface area contributed by atoms with Gasteiger partial charge in [-0.1, -0.05) is 0 Å². The van der Waals surface area contributed by atoms with Crippen LogP contribution in [-0.2, 0) is 4.79 Å². The number of carboxylic acid groups (broad SMARTS) is 1. The fourth-order valence-electron chi connectivity index (χ4n) is 0. The Morgan fingerprint density at radius 3 is 1.33 bits per heavy atom. The van der Waals surface area contributed by atoms with E-state index in [9.17, 15) is 13.2 Å². The number of halogens is 5. The lowest BCUT2D eigenvalue weighted by molar-refractivity contribution is -0.192. The van der Waals surface area contributed by atoms with Crippen molar-refractivity contribution in [3.63, 3.8) is 0 Å². The van der Waals surface area contributed by atoms with Crippen LogP contribution in [0.2, 0.25) is 0 Å². The van der Waals surface area contributed by atoms with Gasteiger partial charge in [0.05, 0.1) is 0 Å². The lowest BCUT2D eigenvalue weighted by atomic mass is 10.7. The zero-order valence-electron chi connectivity index (χ0n) is 3.75. The topological polar surface area (TPSA) is 37.3 Å². The molecule has 1 N–H and O–H groups in total. The van der Waals surface area contributed by atoms with Crippen molar-refractivity contribution in [3.05, 3.63) is 0 Å². The molecule has 7 heteroatoms. The maximum atomic E-state index is 10.6. The normalized spacial score (nSPS) is 9.44. The molecule has 0 saturated carbocycles. The highest BCUT2D eigenvalue weighted by molar-refractivity contribution is 5.73. The number of hydrogen-bond acceptors (Lipinski definition) is 1. The van der Waals surface area contributed by atoms with Gasteiger partial charge in [-0.2, -0.15) is 13.2 Å². The molecular formula is C2HF5O2. The number of alkyl halides is 3. The molecule has 0 unspecified atom stereocenters. The SMILES string of the molecule is FF.O=C(O)C(F)(F)F. The standard InChI is InChI=1S/C2HF3O2.F2/c3-2(4,5)1(6)7;1-2/h(H,6,7);. The molecule has 0 aromatic heterocycles. The maximum Gasteiger partial charge on any atom is 0.490 e. The van der Waals surface area contributed by atoms with Crippen molar-refractivity contribution < 1.29 is 32.2 Å². The maximum absolute atomic E-state index is 10.6. The largest absolute Gasteiger partial charge is 0.490 e. The molecule has 0 radical (unpaired) electrons. The third-order valence-corrected chi connectivity index (χ3v) is 0.243. The zero-order chi connectivity index (χ0) is 8.08. The molecule has 0 aliphatic heterocycles. The van der Waals surface area contributed by atoms with Crippen LogP contribution in [0.4, 0.5) is 22.3 Å². The second-order valence-corrected chi connectivity index (χ2v) is 0.803. The second kappa shape index (κ2) is 4.04. The van der Waals surface area contributed by atoms with Gasteiger partial charge in [0.25, 0.3) is 0 Å². The highest BCUT2D eigenvalue weighted by Gasteiger charge is 2.38. The molecule has 0 fully saturated rings. The summed E-state index contributed by atoms with van der Waals surface area (Å²) in [4.78, 5) is 8.90. The van der Waals surface area contributed by atoms with Crippen molar-refractivity contribution in [2.24, 2.45) is 0 Å². The van der Waals surface area contributed by atoms with Crippen LogP contribution >= 0.6 is 0 Å². The van der Waals surface area contributed by atoms with Gasteiger partial charge in [0.1, 0.15) is 0 Å². The molecule has 2 nitrogen and oxygen atoms in total. The molecule has 0 aliphatic rings. The fraction of sp³-hybridized carbons (Fsp3) is 0.500. The number of carbonyl (C=O) groups is 1. The van der Waals surface area contributed by atoms with Gasteiger partial charge in [0.2, 0.25) is 0 Å². The van der Waals surface area contributed by atoms with Crippen LogP contribution in [0.15, 0.2) is 0 Å². The monoisotopic (exact) mass is 152 g/mol. The summed E-state index contributed by atoms with van der Waals surface area (Å²) in [6.07, 6.45) is -5.08.